The van der Waals surface area contributed by atoms with Crippen LogP contribution in [0.15, 0.2) is 0 Å². The van der Waals surface area contributed by atoms with E-state index in [1.165, 1.54) is 0 Å². The molecule has 0 heterocycles. The number of carbonyl (C=O) groups is 6. The maximum atomic E-state index is 12.4. The number of aliphatic hydroxyl groups excluding tert-OH is 1. The summed E-state index contributed by atoms with van der Waals surface area (Å²) < 4.78 is 0. The van der Waals surface area contributed by atoms with Crippen molar-refractivity contribution in [3.63, 3.8) is 0 Å². The topological polar surface area (TPSA) is 283 Å². The van der Waals surface area contributed by atoms with Crippen molar-refractivity contribution in [2.24, 2.45) is 22.9 Å². The molecule has 0 fully saturated rings. The van der Waals surface area contributed by atoms with Crippen molar-refractivity contribution in [2.75, 3.05) is 13.2 Å². The number of carbonyl (C=O) groups excluding carboxylic acids is 5. The third-order valence-electron chi connectivity index (χ3n) is 4.18. The first-order chi connectivity index (χ1) is 14.9. The number of hydrogen-bond acceptors (Lipinski definition) is 9. The minimum Gasteiger partial charge on any atom is -0.480 e. The summed E-state index contributed by atoms with van der Waals surface area (Å²) in [5, 5.41) is 24.8. The molecule has 0 bridgehead atoms. The molecule has 4 atom stereocenters. The lowest BCUT2D eigenvalue weighted by Gasteiger charge is -2.23. The predicted molar refractivity (Wildman–Crippen MR) is 109 cm³/mol. The van der Waals surface area contributed by atoms with E-state index in [-0.39, 0.29) is 6.42 Å². The first kappa shape index (κ1) is 28.7. The summed E-state index contributed by atoms with van der Waals surface area (Å²) in [5.41, 5.74) is 21.1. The molecule has 0 aromatic carbocycles. The lowest BCUT2D eigenvalue weighted by atomic mass is 10.1. The van der Waals surface area contributed by atoms with E-state index in [0.717, 1.165) is 0 Å². The number of rotatable bonds is 16. The van der Waals surface area contributed by atoms with E-state index >= 15 is 0 Å². The summed E-state index contributed by atoms with van der Waals surface area (Å²) in [6.07, 6.45) is 0.0205. The van der Waals surface area contributed by atoms with Gasteiger partial charge in [0.05, 0.1) is 25.5 Å². The number of unbranched alkanes of at least 4 members (excludes halogenated alkanes) is 1. The SMILES string of the molecule is NCCCCC(N)C(=O)NC(CO)C(=O)NC(CC(N)=O)C(=O)NC(CC(N)=O)C(=O)O. The molecule has 0 aromatic heterocycles. The van der Waals surface area contributed by atoms with Gasteiger partial charge in [-0.3, -0.25) is 24.0 Å². The van der Waals surface area contributed by atoms with Gasteiger partial charge in [0.1, 0.15) is 18.1 Å². The lowest BCUT2D eigenvalue weighted by Crippen LogP contribution is -2.58. The number of amides is 5. The highest BCUT2D eigenvalue weighted by molar-refractivity contribution is 5.96. The molecule has 0 aliphatic rings. The Kier molecular flexibility index (Phi) is 13.1. The molecule has 32 heavy (non-hydrogen) atoms. The fraction of sp³-hybridized carbons (Fsp3) is 0.647. The van der Waals surface area contributed by atoms with Gasteiger partial charge in [-0.1, -0.05) is 6.42 Å². The number of aliphatic carboxylic acids is 1. The van der Waals surface area contributed by atoms with Gasteiger partial charge in [-0.15, -0.1) is 0 Å². The lowest BCUT2D eigenvalue weighted by molar-refractivity contribution is -0.144. The number of primary amides is 2. The second-order valence-electron chi connectivity index (χ2n) is 6.94. The number of hydrogen-bond donors (Lipinski definition) is 9. The van der Waals surface area contributed by atoms with Crippen molar-refractivity contribution in [3.05, 3.63) is 0 Å². The summed E-state index contributed by atoms with van der Waals surface area (Å²) in [4.78, 5) is 70.3. The highest BCUT2D eigenvalue weighted by atomic mass is 16.4. The molecule has 5 amide bonds. The van der Waals surface area contributed by atoms with E-state index in [1.54, 1.807) is 0 Å². The minimum absolute atomic E-state index is 0.284. The smallest absolute Gasteiger partial charge is 0.326 e. The zero-order chi connectivity index (χ0) is 24.8. The molecule has 182 valence electrons. The summed E-state index contributed by atoms with van der Waals surface area (Å²) in [6.45, 7) is -0.446. The first-order valence-electron chi connectivity index (χ1n) is 9.69. The Hall–Kier alpha value is -3.30. The van der Waals surface area contributed by atoms with Gasteiger partial charge in [-0.25, -0.2) is 4.79 Å². The van der Waals surface area contributed by atoms with Crippen LogP contribution in [-0.4, -0.2) is 83.0 Å². The normalized spacial score (nSPS) is 14.3. The fourth-order valence-corrected chi connectivity index (χ4v) is 2.47. The van der Waals surface area contributed by atoms with Crippen LogP contribution in [0.25, 0.3) is 0 Å². The molecule has 0 radical (unpaired) electrons. The number of carboxylic acid groups (broad SMARTS) is 1. The fourth-order valence-electron chi connectivity index (χ4n) is 2.47. The van der Waals surface area contributed by atoms with E-state index in [0.29, 0.717) is 19.4 Å². The maximum Gasteiger partial charge on any atom is 0.326 e. The van der Waals surface area contributed by atoms with Crippen molar-refractivity contribution in [2.45, 2.75) is 56.3 Å². The molecule has 0 spiro atoms. The molecule has 13 N–H and O–H groups in total. The molecule has 4 unspecified atom stereocenters. The van der Waals surface area contributed by atoms with Gasteiger partial charge >= 0.3 is 5.97 Å². The van der Waals surface area contributed by atoms with E-state index in [9.17, 15) is 33.9 Å². The van der Waals surface area contributed by atoms with Crippen LogP contribution in [0.3, 0.4) is 0 Å². The maximum absolute atomic E-state index is 12.4. The van der Waals surface area contributed by atoms with Gasteiger partial charge < -0.3 is 49.1 Å². The molecular weight excluding hydrogens is 430 g/mol. The number of carboxylic acids is 1. The number of aliphatic hydroxyl groups is 1. The van der Waals surface area contributed by atoms with Crippen LogP contribution >= 0.6 is 0 Å². The standard InChI is InChI=1S/C17H31N7O8/c18-4-2-1-3-8(19)14(28)24-11(7-25)16(30)22-9(5-12(20)26)15(29)23-10(17(31)32)6-13(21)27/h8-11,25H,1-7,18-19H2,(H2,20,26)(H2,21,27)(H,22,30)(H,23,29)(H,24,28)(H,31,32). The van der Waals surface area contributed by atoms with Crippen LogP contribution in [0, 0.1) is 0 Å². The van der Waals surface area contributed by atoms with Crippen molar-refractivity contribution in [3.8, 4) is 0 Å². The molecular formula is C17H31N7O8. The quantitative estimate of drug-likeness (QED) is 0.0983. The van der Waals surface area contributed by atoms with Crippen molar-refractivity contribution >= 4 is 35.5 Å². The predicted octanol–water partition coefficient (Wildman–Crippen LogP) is -5.28. The van der Waals surface area contributed by atoms with Gasteiger partial charge in [-0.05, 0) is 19.4 Å². The van der Waals surface area contributed by atoms with Gasteiger partial charge in [0.2, 0.25) is 29.5 Å². The Bertz CT molecular complexity index is 702. The summed E-state index contributed by atoms with van der Waals surface area (Å²) in [6, 6.07) is -5.86. The second kappa shape index (κ2) is 14.7. The van der Waals surface area contributed by atoms with Crippen LogP contribution < -0.4 is 38.9 Å². The molecule has 0 aromatic rings. The van der Waals surface area contributed by atoms with Crippen LogP contribution in [0.1, 0.15) is 32.1 Å². The number of nitrogens with one attached hydrogen (secondary N) is 3. The Labute approximate surface area is 183 Å². The van der Waals surface area contributed by atoms with E-state index < -0.39 is 79.1 Å². The van der Waals surface area contributed by atoms with Gasteiger partial charge in [-0.2, -0.15) is 0 Å². The Balaban J connectivity index is 5.21. The highest BCUT2D eigenvalue weighted by Gasteiger charge is 2.31. The summed E-state index contributed by atoms with van der Waals surface area (Å²) in [5.74, 6) is -6.55. The molecule has 0 rings (SSSR count). The Morgan fingerprint density at radius 2 is 1.22 bits per heavy atom. The van der Waals surface area contributed by atoms with Crippen LogP contribution in [0.2, 0.25) is 0 Å². The molecule has 15 nitrogen and oxygen atoms in total. The summed E-state index contributed by atoms with van der Waals surface area (Å²) in [7, 11) is 0. The highest BCUT2D eigenvalue weighted by Crippen LogP contribution is 2.01. The molecule has 15 heteroatoms. The van der Waals surface area contributed by atoms with Crippen LogP contribution in [-0.2, 0) is 28.8 Å². The first-order valence-corrected chi connectivity index (χ1v) is 9.69. The van der Waals surface area contributed by atoms with Crippen molar-refractivity contribution in [1.82, 2.24) is 16.0 Å². The molecule has 0 aliphatic heterocycles. The largest absolute Gasteiger partial charge is 0.480 e. The van der Waals surface area contributed by atoms with E-state index in [1.807, 2.05) is 5.32 Å². The third-order valence-corrected chi connectivity index (χ3v) is 4.18. The third kappa shape index (κ3) is 11.2. The van der Waals surface area contributed by atoms with Crippen LogP contribution in [0.5, 0.6) is 0 Å². The van der Waals surface area contributed by atoms with E-state index in [4.69, 9.17) is 28.0 Å². The zero-order valence-corrected chi connectivity index (χ0v) is 17.4. The van der Waals surface area contributed by atoms with Crippen LogP contribution in [0.4, 0.5) is 0 Å². The molecule has 0 saturated heterocycles. The molecule has 0 saturated carbocycles. The van der Waals surface area contributed by atoms with Gasteiger partial charge in [0.15, 0.2) is 0 Å². The van der Waals surface area contributed by atoms with Crippen molar-refractivity contribution < 1.29 is 39.0 Å². The average Bonchev–Trinajstić information content (AvgIpc) is 2.69. The Morgan fingerprint density at radius 1 is 0.750 bits per heavy atom. The second-order valence-corrected chi connectivity index (χ2v) is 6.94. The minimum atomic E-state index is -1.72. The summed E-state index contributed by atoms with van der Waals surface area (Å²) >= 11 is 0. The molecule has 0 aliphatic carbocycles. The average molecular weight is 461 g/mol. The van der Waals surface area contributed by atoms with Crippen molar-refractivity contribution in [1.29, 1.82) is 0 Å². The monoisotopic (exact) mass is 461 g/mol. The zero-order valence-electron chi connectivity index (χ0n) is 17.4. The van der Waals surface area contributed by atoms with Gasteiger partial charge in [0, 0.05) is 0 Å². The van der Waals surface area contributed by atoms with E-state index in [2.05, 4.69) is 10.6 Å². The number of nitrogens with two attached hydrogens (primary N) is 4. The van der Waals surface area contributed by atoms with Gasteiger partial charge in [0.25, 0.3) is 0 Å². The Morgan fingerprint density at radius 3 is 1.69 bits per heavy atom.